The molecule has 0 aromatic heterocycles. The van der Waals surface area contributed by atoms with Gasteiger partial charge >= 0.3 is 7.82 Å². The summed E-state index contributed by atoms with van der Waals surface area (Å²) >= 11 is 0. The van der Waals surface area contributed by atoms with Gasteiger partial charge in [0.05, 0.1) is 39.9 Å². The van der Waals surface area contributed by atoms with Gasteiger partial charge in [-0.25, -0.2) is 4.57 Å². The van der Waals surface area contributed by atoms with Crippen molar-refractivity contribution in [1.29, 1.82) is 0 Å². The second-order valence-electron chi connectivity index (χ2n) is 21.3. The van der Waals surface area contributed by atoms with Gasteiger partial charge < -0.3 is 19.8 Å². The highest BCUT2D eigenvalue weighted by Crippen LogP contribution is 2.43. The van der Waals surface area contributed by atoms with E-state index >= 15 is 0 Å². The lowest BCUT2D eigenvalue weighted by atomic mass is 10.0. The molecule has 0 aromatic carbocycles. The Bertz CT molecular complexity index is 1450. The lowest BCUT2D eigenvalue weighted by Gasteiger charge is -2.25. The topological polar surface area (TPSA) is 105 Å². The Morgan fingerprint density at radius 3 is 1.22 bits per heavy atom. The monoisotopic (exact) mass is 1030 g/mol. The molecule has 1 amide bonds. The van der Waals surface area contributed by atoms with Crippen LogP contribution in [0.1, 0.15) is 258 Å². The number of amides is 1. The maximum Gasteiger partial charge on any atom is 0.472 e. The second kappa shape index (κ2) is 53.5. The number of allylic oxidation sites excluding steroid dienone is 13. The number of likely N-dealkylation sites (N-methyl/N-ethyl adjacent to an activating group) is 1. The van der Waals surface area contributed by atoms with Crippen LogP contribution < -0.4 is 5.32 Å². The van der Waals surface area contributed by atoms with Crippen LogP contribution in [0.5, 0.6) is 0 Å². The average molecular weight is 1030 g/mol. The Morgan fingerprint density at radius 1 is 0.486 bits per heavy atom. The number of aliphatic hydroxyl groups is 1. The molecule has 0 aromatic rings. The first kappa shape index (κ1) is 69.7. The molecule has 72 heavy (non-hydrogen) atoms. The summed E-state index contributed by atoms with van der Waals surface area (Å²) in [5.74, 6) is -0.178. The number of quaternary nitrogens is 1. The van der Waals surface area contributed by atoms with E-state index in [2.05, 4.69) is 92.1 Å². The molecule has 0 bridgehead atoms. The third-order valence-corrected chi connectivity index (χ3v) is 14.1. The van der Waals surface area contributed by atoms with Crippen molar-refractivity contribution in [1.82, 2.24) is 5.32 Å². The van der Waals surface area contributed by atoms with Crippen molar-refractivity contribution in [3.8, 4) is 0 Å². The van der Waals surface area contributed by atoms with E-state index in [0.717, 1.165) is 77.0 Å². The van der Waals surface area contributed by atoms with Crippen molar-refractivity contribution in [2.75, 3.05) is 40.9 Å². The van der Waals surface area contributed by atoms with Gasteiger partial charge in [0.1, 0.15) is 13.2 Å². The van der Waals surface area contributed by atoms with Crippen molar-refractivity contribution in [3.63, 3.8) is 0 Å². The first-order valence-electron chi connectivity index (χ1n) is 30.0. The molecule has 0 saturated carbocycles. The van der Waals surface area contributed by atoms with Crippen molar-refractivity contribution in [3.05, 3.63) is 85.1 Å². The number of phosphoric acid groups is 1. The normalized spacial score (nSPS) is 14.5. The Morgan fingerprint density at radius 2 is 0.833 bits per heavy atom. The lowest BCUT2D eigenvalue weighted by molar-refractivity contribution is -0.870. The third-order valence-electron chi connectivity index (χ3n) is 13.1. The quantitative estimate of drug-likeness (QED) is 0.0243. The van der Waals surface area contributed by atoms with Gasteiger partial charge in [0.25, 0.3) is 0 Å². The first-order chi connectivity index (χ1) is 35.0. The molecule has 3 N–H and O–H groups in total. The van der Waals surface area contributed by atoms with Gasteiger partial charge in [-0.3, -0.25) is 13.8 Å². The number of nitrogens with one attached hydrogen (secondary N) is 1. The zero-order chi connectivity index (χ0) is 52.7. The standard InChI is InChI=1S/C63H115N2O6P/c1-6-8-10-12-14-16-17-18-19-20-21-22-23-24-25-26-27-28-29-30-31-32-33-34-35-36-37-38-39-40-41-42-43-44-45-46-47-49-51-53-55-57-63(67)64-61(60-71-72(68,69)70-59-58-65(3,4)5)62(66)56-54-52-50-48-15-13-11-9-7-2/h8,10,14,16,18-19,21-22,24-25,27-28,54,56,61-62,66H,6-7,9,11-13,15,17,20,23,26,29-53,55,57-60H2,1-5H3,(H-,64,67,68,69)/p+1/b10-8-,16-14-,19-18-,22-21-,25-24-,28-27-,56-54+. The molecular formula is C63H116N2O6P+. The van der Waals surface area contributed by atoms with Crippen LogP contribution in [0.2, 0.25) is 0 Å². The van der Waals surface area contributed by atoms with Crippen molar-refractivity contribution < 1.29 is 32.9 Å². The summed E-state index contributed by atoms with van der Waals surface area (Å²) in [7, 11) is 1.57. The highest BCUT2D eigenvalue weighted by molar-refractivity contribution is 7.47. The number of nitrogens with zero attached hydrogens (tertiary/aromatic N) is 1. The number of aliphatic hydroxyl groups excluding tert-OH is 1. The fourth-order valence-corrected chi connectivity index (χ4v) is 9.19. The molecule has 0 fully saturated rings. The van der Waals surface area contributed by atoms with E-state index in [1.165, 1.54) is 161 Å². The van der Waals surface area contributed by atoms with Crippen LogP contribution >= 0.6 is 7.82 Å². The molecule has 0 saturated heterocycles. The van der Waals surface area contributed by atoms with Gasteiger partial charge in [-0.1, -0.05) is 266 Å². The molecular weight excluding hydrogens is 912 g/mol. The highest BCUT2D eigenvalue weighted by Gasteiger charge is 2.27. The van der Waals surface area contributed by atoms with Crippen LogP contribution in [-0.4, -0.2) is 73.4 Å². The number of carbonyl (C=O) groups is 1. The average Bonchev–Trinajstić information content (AvgIpc) is 3.34. The van der Waals surface area contributed by atoms with Gasteiger partial charge in [0.15, 0.2) is 0 Å². The minimum Gasteiger partial charge on any atom is -0.387 e. The predicted octanol–water partition coefficient (Wildman–Crippen LogP) is 18.4. The van der Waals surface area contributed by atoms with Crippen LogP contribution in [-0.2, 0) is 18.4 Å². The van der Waals surface area contributed by atoms with Crippen LogP contribution in [0.3, 0.4) is 0 Å². The number of hydrogen-bond acceptors (Lipinski definition) is 5. The highest BCUT2D eigenvalue weighted by atomic mass is 31.2. The molecule has 0 heterocycles. The molecule has 8 nitrogen and oxygen atoms in total. The zero-order valence-corrected chi connectivity index (χ0v) is 48.5. The molecule has 0 radical (unpaired) electrons. The van der Waals surface area contributed by atoms with E-state index in [-0.39, 0.29) is 19.1 Å². The smallest absolute Gasteiger partial charge is 0.387 e. The largest absolute Gasteiger partial charge is 0.472 e. The minimum absolute atomic E-state index is 0.0607. The van der Waals surface area contributed by atoms with Crippen molar-refractivity contribution >= 4 is 13.7 Å². The van der Waals surface area contributed by atoms with E-state index in [9.17, 15) is 19.4 Å². The SMILES string of the molecule is CC/C=C\C/C=C\C/C=C\C/C=C\C/C=C\C/C=C\CCCCCCCCCCCCCCCCCCCCCCCCC(=O)NC(COP(=O)(O)OCC[N+](C)(C)C)C(O)/C=C/CCCCCCCCC. The Kier molecular flexibility index (Phi) is 51.8. The van der Waals surface area contributed by atoms with Gasteiger partial charge in [-0.2, -0.15) is 0 Å². The summed E-state index contributed by atoms with van der Waals surface area (Å²) in [5, 5.41) is 13.8. The summed E-state index contributed by atoms with van der Waals surface area (Å²) in [6.45, 7) is 4.67. The number of carbonyl (C=O) groups excluding carboxylic acids is 1. The van der Waals surface area contributed by atoms with Crippen molar-refractivity contribution in [2.45, 2.75) is 270 Å². The van der Waals surface area contributed by atoms with Crippen LogP contribution in [0, 0.1) is 0 Å². The van der Waals surface area contributed by atoms with E-state index in [1.807, 2.05) is 27.2 Å². The molecule has 0 rings (SSSR count). The fourth-order valence-electron chi connectivity index (χ4n) is 8.46. The third kappa shape index (κ3) is 55.4. The van der Waals surface area contributed by atoms with Gasteiger partial charge in [-0.05, 0) is 70.6 Å². The van der Waals surface area contributed by atoms with Crippen LogP contribution in [0.15, 0.2) is 85.1 Å². The number of unbranched alkanes of at least 4 members (excludes halogenated alkanes) is 29. The summed E-state index contributed by atoms with van der Waals surface area (Å²) in [6.07, 6.45) is 75.8. The van der Waals surface area contributed by atoms with Gasteiger partial charge in [0.2, 0.25) is 5.91 Å². The molecule has 418 valence electrons. The molecule has 0 aliphatic heterocycles. The summed E-state index contributed by atoms with van der Waals surface area (Å²) in [4.78, 5) is 23.2. The van der Waals surface area contributed by atoms with Crippen LogP contribution in [0.25, 0.3) is 0 Å². The number of phosphoric ester groups is 1. The first-order valence-corrected chi connectivity index (χ1v) is 31.5. The van der Waals surface area contributed by atoms with Crippen LogP contribution in [0.4, 0.5) is 0 Å². The maximum absolute atomic E-state index is 12.9. The van der Waals surface area contributed by atoms with E-state index in [1.54, 1.807) is 6.08 Å². The predicted molar refractivity (Wildman–Crippen MR) is 313 cm³/mol. The zero-order valence-electron chi connectivity index (χ0n) is 47.7. The van der Waals surface area contributed by atoms with E-state index < -0.39 is 20.0 Å². The molecule has 0 aliphatic carbocycles. The maximum atomic E-state index is 12.9. The minimum atomic E-state index is -4.34. The molecule has 0 aliphatic rings. The Balaban J connectivity index is 3.82. The number of rotatable bonds is 54. The van der Waals surface area contributed by atoms with Gasteiger partial charge in [-0.15, -0.1) is 0 Å². The summed E-state index contributed by atoms with van der Waals surface area (Å²) in [6, 6.07) is -0.845. The fraction of sp³-hybridized carbons (Fsp3) is 0.762. The number of hydrogen-bond donors (Lipinski definition) is 3. The van der Waals surface area contributed by atoms with Crippen molar-refractivity contribution in [2.24, 2.45) is 0 Å². The Labute approximate surface area is 446 Å². The summed E-state index contributed by atoms with van der Waals surface area (Å²) < 4.78 is 23.6. The summed E-state index contributed by atoms with van der Waals surface area (Å²) in [5.41, 5.74) is 0. The Hall–Kier alpha value is -2.32. The molecule has 3 unspecified atom stereocenters. The van der Waals surface area contributed by atoms with E-state index in [0.29, 0.717) is 17.4 Å². The molecule has 9 heteroatoms. The lowest BCUT2D eigenvalue weighted by Crippen LogP contribution is -2.45. The second-order valence-corrected chi connectivity index (χ2v) is 22.8. The molecule has 0 spiro atoms. The van der Waals surface area contributed by atoms with Gasteiger partial charge in [0, 0.05) is 6.42 Å². The molecule has 3 atom stereocenters. The van der Waals surface area contributed by atoms with E-state index in [4.69, 9.17) is 9.05 Å².